The highest BCUT2D eigenvalue weighted by Gasteiger charge is 2.03. The van der Waals surface area contributed by atoms with Crippen molar-refractivity contribution in [3.05, 3.63) is 28.2 Å². The summed E-state index contributed by atoms with van der Waals surface area (Å²) in [5.41, 5.74) is 1.17. The Bertz CT molecular complexity index is 363. The number of carbonyl (C=O) groups is 1. The van der Waals surface area contributed by atoms with Gasteiger partial charge < -0.3 is 9.47 Å². The van der Waals surface area contributed by atoms with Gasteiger partial charge in [0, 0.05) is 6.42 Å². The maximum atomic E-state index is 10.8. The fourth-order valence-corrected chi connectivity index (χ4v) is 1.83. The van der Waals surface area contributed by atoms with Gasteiger partial charge in [-0.15, -0.1) is 0 Å². The van der Waals surface area contributed by atoms with E-state index in [1.54, 1.807) is 0 Å². The average Bonchev–Trinajstić information content (AvgIpc) is 2.26. The molecule has 88 valence electrons. The third kappa shape index (κ3) is 4.23. The summed E-state index contributed by atoms with van der Waals surface area (Å²) in [6.07, 6.45) is 1.05. The largest absolute Gasteiger partial charge is 0.492 e. The van der Waals surface area contributed by atoms with Crippen molar-refractivity contribution in [2.75, 3.05) is 13.7 Å². The van der Waals surface area contributed by atoms with Gasteiger partial charge in [-0.2, -0.15) is 0 Å². The number of benzene rings is 1. The Morgan fingerprint density at radius 3 is 2.81 bits per heavy atom. The molecule has 0 aliphatic rings. The van der Waals surface area contributed by atoms with Gasteiger partial charge in [0.15, 0.2) is 0 Å². The molecule has 0 aliphatic heterocycles. The molecule has 0 N–H and O–H groups in total. The molecule has 0 atom stereocenters. The first kappa shape index (κ1) is 13.0. The normalized spacial score (nSPS) is 9.94. The van der Waals surface area contributed by atoms with Gasteiger partial charge in [0.2, 0.25) is 0 Å². The van der Waals surface area contributed by atoms with E-state index in [9.17, 15) is 4.79 Å². The van der Waals surface area contributed by atoms with E-state index >= 15 is 0 Å². The molecule has 1 aromatic carbocycles. The number of ether oxygens (including phenoxy) is 2. The first-order valence-corrected chi connectivity index (χ1v) is 5.88. The van der Waals surface area contributed by atoms with Crippen molar-refractivity contribution in [3.63, 3.8) is 0 Å². The van der Waals surface area contributed by atoms with E-state index in [1.807, 2.05) is 25.1 Å². The molecule has 0 aromatic heterocycles. The van der Waals surface area contributed by atoms with Gasteiger partial charge in [0.25, 0.3) is 0 Å². The van der Waals surface area contributed by atoms with Gasteiger partial charge in [-0.1, -0.05) is 6.07 Å². The van der Waals surface area contributed by atoms with E-state index < -0.39 is 0 Å². The molecule has 0 saturated heterocycles. The Balaban J connectivity index is 2.35. The SMILES string of the molecule is COC(=O)CCCOc1ccc(C)cc1Br. The Labute approximate surface area is 104 Å². The minimum absolute atomic E-state index is 0.202. The monoisotopic (exact) mass is 286 g/mol. The lowest BCUT2D eigenvalue weighted by Crippen LogP contribution is -2.04. The molecule has 16 heavy (non-hydrogen) atoms. The molecule has 0 radical (unpaired) electrons. The van der Waals surface area contributed by atoms with E-state index in [2.05, 4.69) is 20.7 Å². The highest BCUT2D eigenvalue weighted by atomic mass is 79.9. The second kappa shape index (κ2) is 6.53. The maximum Gasteiger partial charge on any atom is 0.305 e. The topological polar surface area (TPSA) is 35.5 Å². The van der Waals surface area contributed by atoms with E-state index in [4.69, 9.17) is 4.74 Å². The number of aryl methyl sites for hydroxylation is 1. The van der Waals surface area contributed by atoms with Crippen LogP contribution in [0, 0.1) is 6.92 Å². The molecule has 0 heterocycles. The number of rotatable bonds is 5. The molecule has 0 fully saturated rings. The Morgan fingerprint density at radius 1 is 1.44 bits per heavy atom. The number of carbonyl (C=O) groups excluding carboxylic acids is 1. The summed E-state index contributed by atoms with van der Waals surface area (Å²) in [6.45, 7) is 2.53. The van der Waals surface area contributed by atoms with Crippen molar-refractivity contribution in [2.24, 2.45) is 0 Å². The molecule has 4 heteroatoms. The maximum absolute atomic E-state index is 10.8. The van der Waals surface area contributed by atoms with E-state index in [-0.39, 0.29) is 5.97 Å². The molecule has 0 spiro atoms. The van der Waals surface area contributed by atoms with Gasteiger partial charge in [0.1, 0.15) is 5.75 Å². The molecule has 0 bridgehead atoms. The highest BCUT2D eigenvalue weighted by Crippen LogP contribution is 2.25. The van der Waals surface area contributed by atoms with Crippen LogP contribution in [0.5, 0.6) is 5.75 Å². The van der Waals surface area contributed by atoms with Gasteiger partial charge in [-0.3, -0.25) is 4.79 Å². The molecule has 1 rings (SSSR count). The first-order chi connectivity index (χ1) is 7.63. The molecular weight excluding hydrogens is 272 g/mol. The van der Waals surface area contributed by atoms with E-state index in [0.717, 1.165) is 10.2 Å². The number of hydrogen-bond acceptors (Lipinski definition) is 3. The van der Waals surface area contributed by atoms with Crippen molar-refractivity contribution >= 4 is 21.9 Å². The predicted molar refractivity (Wildman–Crippen MR) is 65.6 cm³/mol. The summed E-state index contributed by atoms with van der Waals surface area (Å²) in [4.78, 5) is 10.8. The quantitative estimate of drug-likeness (QED) is 0.616. The number of halogens is 1. The van der Waals surface area contributed by atoms with Crippen molar-refractivity contribution in [1.29, 1.82) is 0 Å². The average molecular weight is 287 g/mol. The zero-order chi connectivity index (χ0) is 12.0. The molecular formula is C12H15BrO3. The molecule has 0 unspecified atom stereocenters. The van der Waals surface area contributed by atoms with Gasteiger partial charge in [-0.25, -0.2) is 0 Å². The zero-order valence-corrected chi connectivity index (χ0v) is 11.0. The van der Waals surface area contributed by atoms with Crippen LogP contribution in [0.25, 0.3) is 0 Å². The van der Waals surface area contributed by atoms with Crippen LogP contribution in [-0.4, -0.2) is 19.7 Å². The summed E-state index contributed by atoms with van der Waals surface area (Å²) in [7, 11) is 1.39. The number of methoxy groups -OCH3 is 1. The van der Waals surface area contributed by atoms with Crippen LogP contribution in [0.15, 0.2) is 22.7 Å². The lowest BCUT2D eigenvalue weighted by Gasteiger charge is -2.08. The smallest absolute Gasteiger partial charge is 0.305 e. The first-order valence-electron chi connectivity index (χ1n) is 5.09. The van der Waals surface area contributed by atoms with Crippen LogP contribution >= 0.6 is 15.9 Å². The van der Waals surface area contributed by atoms with Crippen LogP contribution in [0.2, 0.25) is 0 Å². The molecule has 0 saturated carbocycles. The lowest BCUT2D eigenvalue weighted by atomic mass is 10.2. The van der Waals surface area contributed by atoms with Crippen molar-refractivity contribution in [3.8, 4) is 5.75 Å². The summed E-state index contributed by atoms with van der Waals surface area (Å²) < 4.78 is 11.0. The van der Waals surface area contributed by atoms with Gasteiger partial charge in [-0.05, 0) is 47.0 Å². The zero-order valence-electron chi connectivity index (χ0n) is 9.46. The second-order valence-corrected chi connectivity index (χ2v) is 4.32. The van der Waals surface area contributed by atoms with E-state index in [0.29, 0.717) is 19.4 Å². The fourth-order valence-electron chi connectivity index (χ4n) is 1.22. The van der Waals surface area contributed by atoms with Crippen LogP contribution in [0.4, 0.5) is 0 Å². The van der Waals surface area contributed by atoms with Crippen LogP contribution in [0.3, 0.4) is 0 Å². The Hall–Kier alpha value is -1.03. The second-order valence-electron chi connectivity index (χ2n) is 3.46. The highest BCUT2D eigenvalue weighted by molar-refractivity contribution is 9.10. The summed E-state index contributed by atoms with van der Waals surface area (Å²) >= 11 is 3.43. The third-order valence-electron chi connectivity index (χ3n) is 2.10. The molecule has 3 nitrogen and oxygen atoms in total. The molecule has 0 aliphatic carbocycles. The third-order valence-corrected chi connectivity index (χ3v) is 2.72. The van der Waals surface area contributed by atoms with Crippen LogP contribution < -0.4 is 4.74 Å². The van der Waals surface area contributed by atoms with Crippen LogP contribution in [0.1, 0.15) is 18.4 Å². The lowest BCUT2D eigenvalue weighted by molar-refractivity contribution is -0.140. The van der Waals surface area contributed by atoms with Crippen molar-refractivity contribution in [1.82, 2.24) is 0 Å². The van der Waals surface area contributed by atoms with E-state index in [1.165, 1.54) is 12.7 Å². The molecule has 0 amide bonds. The summed E-state index contributed by atoms with van der Waals surface area (Å²) in [5, 5.41) is 0. The fraction of sp³-hybridized carbons (Fsp3) is 0.417. The Morgan fingerprint density at radius 2 is 2.19 bits per heavy atom. The van der Waals surface area contributed by atoms with Crippen molar-refractivity contribution < 1.29 is 14.3 Å². The summed E-state index contributed by atoms with van der Waals surface area (Å²) in [6, 6.07) is 5.90. The minimum atomic E-state index is -0.202. The van der Waals surface area contributed by atoms with Crippen molar-refractivity contribution in [2.45, 2.75) is 19.8 Å². The summed E-state index contributed by atoms with van der Waals surface area (Å²) in [5.74, 6) is 0.599. The predicted octanol–water partition coefficient (Wildman–Crippen LogP) is 3.09. The number of esters is 1. The van der Waals surface area contributed by atoms with Crippen LogP contribution in [-0.2, 0) is 9.53 Å². The standard InChI is InChI=1S/C12H15BrO3/c1-9-5-6-11(10(13)8-9)16-7-3-4-12(14)15-2/h5-6,8H,3-4,7H2,1-2H3. The van der Waals surface area contributed by atoms with Gasteiger partial charge >= 0.3 is 5.97 Å². The molecule has 1 aromatic rings. The Kier molecular flexibility index (Phi) is 5.32. The minimum Gasteiger partial charge on any atom is -0.492 e. The number of hydrogen-bond donors (Lipinski definition) is 0. The van der Waals surface area contributed by atoms with Gasteiger partial charge in [0.05, 0.1) is 18.2 Å².